The normalized spacial score (nSPS) is 11.2. The summed E-state index contributed by atoms with van der Waals surface area (Å²) in [6, 6.07) is 3.98. The van der Waals surface area contributed by atoms with Crippen molar-refractivity contribution in [2.45, 2.75) is 78.1 Å². The lowest BCUT2D eigenvalue weighted by Crippen LogP contribution is -1.82. The van der Waals surface area contributed by atoms with E-state index in [4.69, 9.17) is 9.05 Å². The van der Waals surface area contributed by atoms with E-state index in [1.54, 1.807) is 0 Å². The summed E-state index contributed by atoms with van der Waals surface area (Å²) in [6.07, 6.45) is 11.8. The molecule has 4 nitrogen and oxygen atoms in total. The highest BCUT2D eigenvalue weighted by Gasteiger charge is 2.11. The van der Waals surface area contributed by atoms with Gasteiger partial charge in [-0.2, -0.15) is 0 Å². The minimum Gasteiger partial charge on any atom is -0.361 e. The number of hydrogen-bond donors (Lipinski definition) is 0. The van der Waals surface area contributed by atoms with Crippen molar-refractivity contribution in [2.75, 3.05) is 0 Å². The highest BCUT2D eigenvalue weighted by Crippen LogP contribution is 2.21. The number of nitrogens with zero attached hydrogens (tertiary/aromatic N) is 2. The second-order valence-corrected chi connectivity index (χ2v) is 5.98. The Morgan fingerprint density at radius 1 is 0.682 bits per heavy atom. The van der Waals surface area contributed by atoms with E-state index in [1.165, 1.54) is 38.5 Å². The molecule has 2 aromatic rings. The van der Waals surface area contributed by atoms with Crippen LogP contribution in [0, 0.1) is 0 Å². The van der Waals surface area contributed by atoms with Crippen LogP contribution in [-0.4, -0.2) is 10.3 Å². The molecule has 0 atom stereocenters. The maximum atomic E-state index is 5.39. The van der Waals surface area contributed by atoms with Gasteiger partial charge in [0.1, 0.15) is 22.9 Å². The van der Waals surface area contributed by atoms with Crippen LogP contribution in [0.4, 0.5) is 0 Å². The van der Waals surface area contributed by atoms with Gasteiger partial charge in [0.25, 0.3) is 0 Å². The third kappa shape index (κ3) is 5.32. The Morgan fingerprint density at radius 3 is 1.55 bits per heavy atom. The summed E-state index contributed by atoms with van der Waals surface area (Å²) >= 11 is 0. The van der Waals surface area contributed by atoms with E-state index in [1.807, 2.05) is 12.1 Å². The van der Waals surface area contributed by atoms with Crippen LogP contribution in [0.3, 0.4) is 0 Å². The Morgan fingerprint density at radius 2 is 1.14 bits per heavy atom. The van der Waals surface area contributed by atoms with Gasteiger partial charge in [-0.25, -0.2) is 0 Å². The largest absolute Gasteiger partial charge is 0.361 e. The third-order valence-electron chi connectivity index (χ3n) is 3.93. The fourth-order valence-electron chi connectivity index (χ4n) is 2.56. The average molecular weight is 304 g/mol. The van der Waals surface area contributed by atoms with Gasteiger partial charge in [-0.3, -0.25) is 0 Å². The highest BCUT2D eigenvalue weighted by molar-refractivity contribution is 5.53. The third-order valence-corrected chi connectivity index (χ3v) is 3.93. The van der Waals surface area contributed by atoms with E-state index in [2.05, 4.69) is 24.2 Å². The Balaban J connectivity index is 1.81. The molecule has 2 aromatic heterocycles. The predicted octanol–water partition coefficient (Wildman–Crippen LogP) is 5.58. The first-order valence-corrected chi connectivity index (χ1v) is 8.75. The number of aromatic nitrogens is 2. The molecule has 2 rings (SSSR count). The van der Waals surface area contributed by atoms with Crippen molar-refractivity contribution in [3.05, 3.63) is 23.7 Å². The van der Waals surface area contributed by atoms with Crippen LogP contribution in [0.25, 0.3) is 11.4 Å². The second kappa shape index (κ2) is 9.44. The van der Waals surface area contributed by atoms with Gasteiger partial charge >= 0.3 is 0 Å². The molecule has 0 amide bonds. The number of rotatable bonds is 11. The van der Waals surface area contributed by atoms with Crippen molar-refractivity contribution in [3.8, 4) is 11.4 Å². The van der Waals surface area contributed by atoms with Gasteiger partial charge in [0.15, 0.2) is 0 Å². The molecule has 0 aliphatic carbocycles. The van der Waals surface area contributed by atoms with Crippen molar-refractivity contribution in [1.82, 2.24) is 10.3 Å². The molecule has 0 bridgehead atoms. The Kier molecular flexibility index (Phi) is 7.20. The first kappa shape index (κ1) is 16.8. The zero-order chi connectivity index (χ0) is 15.6. The summed E-state index contributed by atoms with van der Waals surface area (Å²) in [4.78, 5) is 0. The molecule has 0 radical (unpaired) electrons. The van der Waals surface area contributed by atoms with Gasteiger partial charge in [0.2, 0.25) is 0 Å². The molecule has 122 valence electrons. The Labute approximate surface area is 133 Å². The van der Waals surface area contributed by atoms with Gasteiger partial charge < -0.3 is 9.05 Å². The summed E-state index contributed by atoms with van der Waals surface area (Å²) in [6.45, 7) is 4.44. The van der Waals surface area contributed by atoms with Crippen molar-refractivity contribution in [3.63, 3.8) is 0 Å². The molecular formula is C18H28N2O2. The monoisotopic (exact) mass is 304 g/mol. The van der Waals surface area contributed by atoms with Crippen LogP contribution in [0.15, 0.2) is 21.2 Å². The summed E-state index contributed by atoms with van der Waals surface area (Å²) in [5.41, 5.74) is 1.57. The van der Waals surface area contributed by atoms with Crippen LogP contribution in [0.5, 0.6) is 0 Å². The van der Waals surface area contributed by atoms with Crippen molar-refractivity contribution >= 4 is 0 Å². The Hall–Kier alpha value is -1.58. The van der Waals surface area contributed by atoms with Gasteiger partial charge in [-0.05, 0) is 12.8 Å². The zero-order valence-corrected chi connectivity index (χ0v) is 13.9. The molecule has 2 heterocycles. The molecule has 0 aromatic carbocycles. The van der Waals surface area contributed by atoms with Crippen molar-refractivity contribution in [1.29, 1.82) is 0 Å². The topological polar surface area (TPSA) is 52.1 Å². The SMILES string of the molecule is CCCCCCc1cc(-c2cc(CCCCCC)on2)no1. The van der Waals surface area contributed by atoms with E-state index in [9.17, 15) is 0 Å². The zero-order valence-electron chi connectivity index (χ0n) is 13.9. The standard InChI is InChI=1S/C18H28N2O2/c1-3-5-7-9-11-15-13-17(19-21-15)18-14-16(22-20-18)12-10-8-6-4-2/h13-14H,3-12H2,1-2H3. The van der Waals surface area contributed by atoms with Crippen LogP contribution < -0.4 is 0 Å². The van der Waals surface area contributed by atoms with E-state index < -0.39 is 0 Å². The van der Waals surface area contributed by atoms with Crippen LogP contribution in [0.2, 0.25) is 0 Å². The summed E-state index contributed by atoms with van der Waals surface area (Å²) in [5.74, 6) is 1.89. The summed E-state index contributed by atoms with van der Waals surface area (Å²) in [7, 11) is 0. The average Bonchev–Trinajstić information content (AvgIpc) is 3.17. The lowest BCUT2D eigenvalue weighted by atomic mass is 10.1. The van der Waals surface area contributed by atoms with Gasteiger partial charge in [-0.15, -0.1) is 0 Å². The van der Waals surface area contributed by atoms with Crippen molar-refractivity contribution in [2.24, 2.45) is 0 Å². The fraction of sp³-hybridized carbons (Fsp3) is 0.667. The lowest BCUT2D eigenvalue weighted by Gasteiger charge is -1.94. The minimum atomic E-state index is 0.786. The number of aryl methyl sites for hydroxylation is 2. The van der Waals surface area contributed by atoms with Gasteiger partial charge in [0, 0.05) is 25.0 Å². The maximum Gasteiger partial charge on any atom is 0.137 e. The first-order valence-electron chi connectivity index (χ1n) is 8.75. The molecular weight excluding hydrogens is 276 g/mol. The number of unbranched alkanes of at least 4 members (excludes halogenated alkanes) is 6. The van der Waals surface area contributed by atoms with Gasteiger partial charge in [0.05, 0.1) is 0 Å². The molecule has 0 aliphatic rings. The maximum absolute atomic E-state index is 5.39. The fourth-order valence-corrected chi connectivity index (χ4v) is 2.56. The summed E-state index contributed by atoms with van der Waals surface area (Å²) < 4.78 is 10.8. The smallest absolute Gasteiger partial charge is 0.137 e. The molecule has 0 spiro atoms. The second-order valence-electron chi connectivity index (χ2n) is 5.98. The minimum absolute atomic E-state index is 0.786. The predicted molar refractivity (Wildman–Crippen MR) is 87.7 cm³/mol. The molecule has 0 N–H and O–H groups in total. The lowest BCUT2D eigenvalue weighted by molar-refractivity contribution is 0.373. The summed E-state index contributed by atoms with van der Waals surface area (Å²) in [5, 5.41) is 8.22. The highest BCUT2D eigenvalue weighted by atomic mass is 16.5. The van der Waals surface area contributed by atoms with E-state index in [0.29, 0.717) is 0 Å². The molecule has 0 unspecified atom stereocenters. The first-order chi connectivity index (χ1) is 10.8. The quantitative estimate of drug-likeness (QED) is 0.509. The van der Waals surface area contributed by atoms with Crippen LogP contribution >= 0.6 is 0 Å². The van der Waals surface area contributed by atoms with E-state index in [0.717, 1.165) is 48.6 Å². The van der Waals surface area contributed by atoms with Crippen LogP contribution in [0.1, 0.15) is 76.7 Å². The molecule has 22 heavy (non-hydrogen) atoms. The van der Waals surface area contributed by atoms with Crippen molar-refractivity contribution < 1.29 is 9.05 Å². The molecule has 0 aliphatic heterocycles. The molecule has 4 heteroatoms. The van der Waals surface area contributed by atoms with E-state index >= 15 is 0 Å². The molecule has 0 saturated carbocycles. The molecule has 0 saturated heterocycles. The van der Waals surface area contributed by atoms with Crippen LogP contribution in [-0.2, 0) is 12.8 Å². The Bertz CT molecular complexity index is 482. The van der Waals surface area contributed by atoms with Gasteiger partial charge in [-0.1, -0.05) is 62.7 Å². The number of hydrogen-bond acceptors (Lipinski definition) is 4. The molecule has 0 fully saturated rings. The van der Waals surface area contributed by atoms with E-state index in [-0.39, 0.29) is 0 Å².